The van der Waals surface area contributed by atoms with Crippen molar-refractivity contribution >= 4 is 21.6 Å². The number of nitrogens with zero attached hydrogens (tertiary/aromatic N) is 1. The maximum absolute atomic E-state index is 12.8. The average Bonchev–Trinajstić information content (AvgIpc) is 2.42. The van der Waals surface area contributed by atoms with Crippen LogP contribution in [0.2, 0.25) is 0 Å². The monoisotopic (exact) mass is 313 g/mol. The maximum Gasteiger partial charge on any atom is 0.243 e. The van der Waals surface area contributed by atoms with Crippen LogP contribution in [0.4, 0.5) is 5.69 Å². The average molecular weight is 313 g/mol. The predicted octanol–water partition coefficient (Wildman–Crippen LogP) is 1.11. The molecule has 0 bridgehead atoms. The Bertz CT molecular complexity index is 599. The molecule has 0 radical (unpaired) electrons. The lowest BCUT2D eigenvalue weighted by molar-refractivity contribution is -0.118. The molecule has 0 saturated carbocycles. The van der Waals surface area contributed by atoms with Crippen LogP contribution in [0.3, 0.4) is 0 Å². The Hall–Kier alpha value is -1.60. The van der Waals surface area contributed by atoms with Crippen LogP contribution in [0.5, 0.6) is 0 Å². The molecular formula is C14H23N3O3S. The van der Waals surface area contributed by atoms with Gasteiger partial charge in [0.2, 0.25) is 15.9 Å². The second-order valence-corrected chi connectivity index (χ2v) is 6.79. The molecule has 0 aromatic heterocycles. The van der Waals surface area contributed by atoms with E-state index >= 15 is 0 Å². The molecule has 1 amide bonds. The standard InChI is InChI=1S/C14H23N3O3S/c1-3-5-8-17(10-14(16)18)21(19,20)13-9-12(15)7-6-11(13)4-2/h6-7,9H,3-5,8,10,15H2,1-2H3,(H2,16,18). The van der Waals surface area contributed by atoms with E-state index in [2.05, 4.69) is 0 Å². The minimum atomic E-state index is -3.78. The predicted molar refractivity (Wildman–Crippen MR) is 83.1 cm³/mol. The Kier molecular flexibility index (Phi) is 6.17. The number of carbonyl (C=O) groups excluding carboxylic acids is 1. The summed E-state index contributed by atoms with van der Waals surface area (Å²) >= 11 is 0. The number of nitrogens with two attached hydrogens (primary N) is 2. The Labute approximate surface area is 126 Å². The largest absolute Gasteiger partial charge is 0.399 e. The normalized spacial score (nSPS) is 11.8. The van der Waals surface area contributed by atoms with Gasteiger partial charge in [0.25, 0.3) is 0 Å². The molecule has 1 aromatic rings. The van der Waals surface area contributed by atoms with Gasteiger partial charge < -0.3 is 11.5 Å². The van der Waals surface area contributed by atoms with Gasteiger partial charge in [-0.15, -0.1) is 0 Å². The van der Waals surface area contributed by atoms with Crippen LogP contribution < -0.4 is 11.5 Å². The second-order valence-electron chi connectivity index (χ2n) is 4.88. The molecule has 21 heavy (non-hydrogen) atoms. The molecule has 1 aromatic carbocycles. The molecule has 0 spiro atoms. The first-order valence-electron chi connectivity index (χ1n) is 6.99. The number of unbranched alkanes of at least 4 members (excludes halogenated alkanes) is 1. The third-order valence-electron chi connectivity index (χ3n) is 3.18. The minimum absolute atomic E-state index is 0.155. The number of hydrogen-bond acceptors (Lipinski definition) is 4. The molecule has 0 heterocycles. The zero-order valence-corrected chi connectivity index (χ0v) is 13.3. The second kappa shape index (κ2) is 7.42. The summed E-state index contributed by atoms with van der Waals surface area (Å²) in [6.45, 7) is 3.77. The Morgan fingerprint density at radius 2 is 1.95 bits per heavy atom. The van der Waals surface area contributed by atoms with E-state index in [4.69, 9.17) is 11.5 Å². The van der Waals surface area contributed by atoms with E-state index in [9.17, 15) is 13.2 Å². The Morgan fingerprint density at radius 1 is 1.29 bits per heavy atom. The van der Waals surface area contributed by atoms with Crippen molar-refractivity contribution in [3.63, 3.8) is 0 Å². The number of aryl methyl sites for hydroxylation is 1. The third-order valence-corrected chi connectivity index (χ3v) is 5.11. The highest BCUT2D eigenvalue weighted by atomic mass is 32.2. The van der Waals surface area contributed by atoms with Gasteiger partial charge >= 0.3 is 0 Å². The summed E-state index contributed by atoms with van der Waals surface area (Å²) in [5, 5.41) is 0. The molecule has 0 aliphatic heterocycles. The summed E-state index contributed by atoms with van der Waals surface area (Å²) in [7, 11) is -3.78. The van der Waals surface area contributed by atoms with Gasteiger partial charge in [-0.3, -0.25) is 4.79 Å². The summed E-state index contributed by atoms with van der Waals surface area (Å²) in [5.41, 5.74) is 11.9. The van der Waals surface area contributed by atoms with Crippen LogP contribution in [-0.2, 0) is 21.2 Å². The number of primary amides is 1. The molecule has 0 saturated heterocycles. The molecule has 4 N–H and O–H groups in total. The first-order chi connectivity index (χ1) is 9.82. The van der Waals surface area contributed by atoms with E-state index in [1.807, 2.05) is 13.8 Å². The quantitative estimate of drug-likeness (QED) is 0.701. The molecule has 0 aliphatic carbocycles. The fourth-order valence-electron chi connectivity index (χ4n) is 2.03. The van der Waals surface area contributed by atoms with Crippen molar-refractivity contribution < 1.29 is 13.2 Å². The van der Waals surface area contributed by atoms with Crippen LogP contribution >= 0.6 is 0 Å². The van der Waals surface area contributed by atoms with Gasteiger partial charge in [-0.2, -0.15) is 4.31 Å². The molecular weight excluding hydrogens is 290 g/mol. The maximum atomic E-state index is 12.8. The van der Waals surface area contributed by atoms with E-state index in [0.717, 1.165) is 10.7 Å². The SMILES string of the molecule is CCCCN(CC(N)=O)S(=O)(=O)c1cc(N)ccc1CC. The molecule has 6 nitrogen and oxygen atoms in total. The molecule has 0 fully saturated rings. The van der Waals surface area contributed by atoms with Crippen LogP contribution in [0.25, 0.3) is 0 Å². The van der Waals surface area contributed by atoms with Crippen LogP contribution in [0.1, 0.15) is 32.3 Å². The van der Waals surface area contributed by atoms with Crippen molar-refractivity contribution in [3.05, 3.63) is 23.8 Å². The van der Waals surface area contributed by atoms with E-state index < -0.39 is 15.9 Å². The molecule has 0 aliphatic rings. The summed E-state index contributed by atoms with van der Waals surface area (Å²) in [5.74, 6) is -0.670. The number of amides is 1. The summed E-state index contributed by atoms with van der Waals surface area (Å²) in [6.07, 6.45) is 2.05. The fraction of sp³-hybridized carbons (Fsp3) is 0.500. The highest BCUT2D eigenvalue weighted by molar-refractivity contribution is 7.89. The summed E-state index contributed by atoms with van der Waals surface area (Å²) < 4.78 is 26.7. The number of rotatable bonds is 8. The van der Waals surface area contributed by atoms with E-state index in [1.165, 1.54) is 6.07 Å². The van der Waals surface area contributed by atoms with Gasteiger partial charge in [0.15, 0.2) is 0 Å². The summed E-state index contributed by atoms with van der Waals surface area (Å²) in [4.78, 5) is 11.3. The van der Waals surface area contributed by atoms with Gasteiger partial charge in [0, 0.05) is 12.2 Å². The van der Waals surface area contributed by atoms with Gasteiger partial charge in [-0.1, -0.05) is 26.3 Å². The topological polar surface area (TPSA) is 106 Å². The van der Waals surface area contributed by atoms with Gasteiger partial charge in [0.1, 0.15) is 0 Å². The molecule has 1 rings (SSSR count). The van der Waals surface area contributed by atoms with Crippen molar-refractivity contribution in [2.45, 2.75) is 38.0 Å². The number of anilines is 1. The molecule has 118 valence electrons. The van der Waals surface area contributed by atoms with Crippen molar-refractivity contribution in [3.8, 4) is 0 Å². The number of carbonyl (C=O) groups is 1. The lowest BCUT2D eigenvalue weighted by atomic mass is 10.1. The van der Waals surface area contributed by atoms with Crippen molar-refractivity contribution in [1.29, 1.82) is 0 Å². The number of nitrogen functional groups attached to an aromatic ring is 1. The van der Waals surface area contributed by atoms with E-state index in [-0.39, 0.29) is 18.0 Å². The van der Waals surface area contributed by atoms with Gasteiger partial charge in [0.05, 0.1) is 11.4 Å². The molecule has 0 unspecified atom stereocenters. The van der Waals surface area contributed by atoms with Crippen LogP contribution in [0.15, 0.2) is 23.1 Å². The zero-order chi connectivity index (χ0) is 16.0. The lowest BCUT2D eigenvalue weighted by Crippen LogP contribution is -2.39. The smallest absolute Gasteiger partial charge is 0.243 e. The lowest BCUT2D eigenvalue weighted by Gasteiger charge is -2.22. The van der Waals surface area contributed by atoms with Crippen molar-refractivity contribution in [2.75, 3.05) is 18.8 Å². The highest BCUT2D eigenvalue weighted by Gasteiger charge is 2.27. The van der Waals surface area contributed by atoms with Gasteiger partial charge in [-0.05, 0) is 30.5 Å². The van der Waals surface area contributed by atoms with Crippen LogP contribution in [-0.4, -0.2) is 31.7 Å². The van der Waals surface area contributed by atoms with Crippen LogP contribution in [0, 0.1) is 0 Å². The zero-order valence-electron chi connectivity index (χ0n) is 12.5. The molecule has 7 heteroatoms. The number of sulfonamides is 1. The highest BCUT2D eigenvalue weighted by Crippen LogP contribution is 2.23. The number of benzene rings is 1. The Balaban J connectivity index is 3.27. The molecule has 0 atom stereocenters. The number of hydrogen-bond donors (Lipinski definition) is 2. The Morgan fingerprint density at radius 3 is 2.48 bits per heavy atom. The van der Waals surface area contributed by atoms with E-state index in [0.29, 0.717) is 24.1 Å². The van der Waals surface area contributed by atoms with Crippen molar-refractivity contribution in [1.82, 2.24) is 4.31 Å². The third kappa shape index (κ3) is 4.44. The minimum Gasteiger partial charge on any atom is -0.399 e. The first-order valence-corrected chi connectivity index (χ1v) is 8.43. The van der Waals surface area contributed by atoms with Gasteiger partial charge in [-0.25, -0.2) is 8.42 Å². The fourth-order valence-corrected chi connectivity index (χ4v) is 3.81. The summed E-state index contributed by atoms with van der Waals surface area (Å²) in [6, 6.07) is 4.81. The van der Waals surface area contributed by atoms with E-state index in [1.54, 1.807) is 12.1 Å². The van der Waals surface area contributed by atoms with Crippen molar-refractivity contribution in [2.24, 2.45) is 5.73 Å². The first kappa shape index (κ1) is 17.5.